The highest BCUT2D eigenvalue weighted by atomic mass is 31.2. The molecule has 0 saturated heterocycles. The summed E-state index contributed by atoms with van der Waals surface area (Å²) in [6, 6.07) is 26.1. The molecule has 0 spiro atoms. The standard InChI is InChI=1S/C34H26O8P2/c1-19-15-21(3)30(38-43-37-29-12-8-7-11-25(29)33(35)41-43)27(17-19)28-18-20(2)16-22(4)31(28)39-44-40-32-24-10-6-5-9-23(24)13-14-26(32)34(36)42-44/h5-18H,1-4H3. The molecule has 0 bridgehead atoms. The van der Waals surface area contributed by atoms with Crippen LogP contribution in [0.4, 0.5) is 0 Å². The minimum Gasteiger partial charge on any atom is -0.408 e. The Hall–Kier alpha value is -4.64. The number of hydrogen-bond acceptors (Lipinski definition) is 8. The Labute approximate surface area is 256 Å². The Morgan fingerprint density at radius 3 is 1.80 bits per heavy atom. The monoisotopic (exact) mass is 624 g/mol. The van der Waals surface area contributed by atoms with Gasteiger partial charge in [-0.05, 0) is 85.7 Å². The highest BCUT2D eigenvalue weighted by molar-refractivity contribution is 7.43. The van der Waals surface area contributed by atoms with Gasteiger partial charge in [0.2, 0.25) is 0 Å². The molecule has 0 aromatic heterocycles. The van der Waals surface area contributed by atoms with Crippen LogP contribution in [-0.4, -0.2) is 11.9 Å². The van der Waals surface area contributed by atoms with Crippen LogP contribution in [-0.2, 0) is 9.05 Å². The third-order valence-electron chi connectivity index (χ3n) is 7.32. The van der Waals surface area contributed by atoms with E-state index in [4.69, 9.17) is 27.1 Å². The molecule has 7 rings (SSSR count). The van der Waals surface area contributed by atoms with Gasteiger partial charge in [0.1, 0.15) is 28.4 Å². The zero-order valence-electron chi connectivity index (χ0n) is 24.2. The third-order valence-corrected chi connectivity index (χ3v) is 9.29. The molecule has 2 heterocycles. The second-order valence-electron chi connectivity index (χ2n) is 10.6. The van der Waals surface area contributed by atoms with Crippen molar-refractivity contribution < 1.29 is 36.7 Å². The van der Waals surface area contributed by atoms with E-state index in [0.717, 1.165) is 33.0 Å². The SMILES string of the molecule is Cc1cc(C)c(OP2OC(=O)c3ccccc3O2)c(-c2cc(C)cc(C)c2OP2OC(=O)c3ccc4ccccc4c3O2)c1. The van der Waals surface area contributed by atoms with Crippen LogP contribution in [0.15, 0.2) is 84.9 Å². The molecule has 2 unspecified atom stereocenters. The maximum absolute atomic E-state index is 13.1. The molecule has 44 heavy (non-hydrogen) atoms. The number of carbonyl (C=O) groups excluding carboxylic acids is 2. The van der Waals surface area contributed by atoms with Gasteiger partial charge in [0.05, 0.1) is 0 Å². The van der Waals surface area contributed by atoms with Crippen molar-refractivity contribution >= 4 is 39.9 Å². The van der Waals surface area contributed by atoms with E-state index in [1.165, 1.54) is 0 Å². The van der Waals surface area contributed by atoms with Gasteiger partial charge in [0.15, 0.2) is 5.75 Å². The normalized spacial score (nSPS) is 17.0. The summed E-state index contributed by atoms with van der Waals surface area (Å²) in [5.41, 5.74) is 5.71. The number of fused-ring (bicyclic) bond motifs is 4. The second kappa shape index (κ2) is 11.1. The first-order valence-electron chi connectivity index (χ1n) is 13.9. The summed E-state index contributed by atoms with van der Waals surface area (Å²) >= 11 is 0. The lowest BCUT2D eigenvalue weighted by Gasteiger charge is -2.27. The van der Waals surface area contributed by atoms with E-state index in [2.05, 4.69) is 0 Å². The molecule has 0 N–H and O–H groups in total. The van der Waals surface area contributed by atoms with Crippen molar-refractivity contribution in [1.82, 2.24) is 0 Å². The fourth-order valence-corrected chi connectivity index (χ4v) is 7.56. The van der Waals surface area contributed by atoms with E-state index in [9.17, 15) is 9.59 Å². The Morgan fingerprint density at radius 1 is 0.545 bits per heavy atom. The van der Waals surface area contributed by atoms with E-state index in [0.29, 0.717) is 45.3 Å². The van der Waals surface area contributed by atoms with Crippen LogP contribution in [0.5, 0.6) is 23.0 Å². The number of rotatable bonds is 5. The molecular formula is C34H26O8P2. The number of benzene rings is 5. The topological polar surface area (TPSA) is 89.5 Å². The first-order chi connectivity index (χ1) is 21.2. The lowest BCUT2D eigenvalue weighted by molar-refractivity contribution is 0.0685. The number of para-hydroxylation sites is 1. The van der Waals surface area contributed by atoms with Crippen molar-refractivity contribution in [1.29, 1.82) is 0 Å². The van der Waals surface area contributed by atoms with Gasteiger partial charge >= 0.3 is 29.1 Å². The largest absolute Gasteiger partial charge is 0.532 e. The Kier molecular flexibility index (Phi) is 7.12. The zero-order valence-corrected chi connectivity index (χ0v) is 26.0. The fraction of sp³-hybridized carbons (Fsp3) is 0.118. The van der Waals surface area contributed by atoms with Crippen molar-refractivity contribution in [3.05, 3.63) is 118 Å². The highest BCUT2D eigenvalue weighted by Crippen LogP contribution is 2.55. The van der Waals surface area contributed by atoms with Gasteiger partial charge in [-0.1, -0.05) is 54.6 Å². The minimum absolute atomic E-state index is 0.347. The van der Waals surface area contributed by atoms with Crippen LogP contribution in [0.3, 0.4) is 0 Å². The smallest absolute Gasteiger partial charge is 0.408 e. The molecule has 5 aromatic carbocycles. The molecule has 0 radical (unpaired) electrons. The lowest BCUT2D eigenvalue weighted by atomic mass is 9.95. The quantitative estimate of drug-likeness (QED) is 0.179. The first-order valence-corrected chi connectivity index (χ1v) is 16.0. The Bertz CT molecular complexity index is 1990. The van der Waals surface area contributed by atoms with Crippen molar-refractivity contribution in [2.24, 2.45) is 0 Å². The van der Waals surface area contributed by atoms with Crippen molar-refractivity contribution in [2.75, 3.05) is 0 Å². The van der Waals surface area contributed by atoms with E-state index >= 15 is 0 Å². The first kappa shape index (κ1) is 28.1. The molecule has 5 aromatic rings. The lowest BCUT2D eigenvalue weighted by Crippen LogP contribution is -2.15. The van der Waals surface area contributed by atoms with Gasteiger partial charge in [-0.15, -0.1) is 0 Å². The molecular weight excluding hydrogens is 598 g/mol. The van der Waals surface area contributed by atoms with Crippen molar-refractivity contribution in [3.8, 4) is 34.1 Å². The second-order valence-corrected chi connectivity index (χ2v) is 12.6. The van der Waals surface area contributed by atoms with E-state index in [1.54, 1.807) is 30.3 Å². The summed E-state index contributed by atoms with van der Waals surface area (Å²) in [6.45, 7) is 7.82. The summed E-state index contributed by atoms with van der Waals surface area (Å²) in [7, 11) is -4.22. The van der Waals surface area contributed by atoms with Gasteiger partial charge in [0, 0.05) is 16.5 Å². The van der Waals surface area contributed by atoms with Gasteiger partial charge in [-0.2, -0.15) is 0 Å². The third kappa shape index (κ3) is 5.11. The van der Waals surface area contributed by atoms with Gasteiger partial charge in [-0.25, -0.2) is 9.59 Å². The molecule has 2 atom stereocenters. The van der Waals surface area contributed by atoms with Gasteiger partial charge in [-0.3, -0.25) is 0 Å². The molecule has 0 fully saturated rings. The zero-order chi connectivity index (χ0) is 30.5. The van der Waals surface area contributed by atoms with Crippen LogP contribution < -0.4 is 18.1 Å². The van der Waals surface area contributed by atoms with Crippen LogP contribution >= 0.6 is 17.2 Å². The summed E-state index contributed by atoms with van der Waals surface area (Å²) in [5.74, 6) is 0.785. The van der Waals surface area contributed by atoms with Crippen LogP contribution in [0.2, 0.25) is 0 Å². The maximum atomic E-state index is 13.1. The number of carbonyl (C=O) groups is 2. The van der Waals surface area contributed by atoms with Crippen LogP contribution in [0.25, 0.3) is 21.9 Å². The Balaban J connectivity index is 1.27. The molecule has 220 valence electrons. The maximum Gasteiger partial charge on any atom is 0.532 e. The molecule has 0 aliphatic carbocycles. The molecule has 8 nitrogen and oxygen atoms in total. The van der Waals surface area contributed by atoms with E-state index in [1.807, 2.05) is 82.3 Å². The van der Waals surface area contributed by atoms with Gasteiger partial charge in [0.25, 0.3) is 0 Å². The Morgan fingerprint density at radius 2 is 1.11 bits per heavy atom. The predicted molar refractivity (Wildman–Crippen MR) is 168 cm³/mol. The molecule has 0 amide bonds. The fourth-order valence-electron chi connectivity index (χ4n) is 5.42. The molecule has 0 saturated carbocycles. The van der Waals surface area contributed by atoms with Crippen molar-refractivity contribution in [3.63, 3.8) is 0 Å². The van der Waals surface area contributed by atoms with Crippen molar-refractivity contribution in [2.45, 2.75) is 27.7 Å². The summed E-state index contributed by atoms with van der Waals surface area (Å²) in [5, 5.41) is 1.74. The average Bonchev–Trinajstić information content (AvgIpc) is 2.99. The number of hydrogen-bond donors (Lipinski definition) is 0. The van der Waals surface area contributed by atoms with Crippen LogP contribution in [0, 0.1) is 27.7 Å². The average molecular weight is 625 g/mol. The van der Waals surface area contributed by atoms with Crippen LogP contribution in [0.1, 0.15) is 43.0 Å². The molecule has 2 aliphatic heterocycles. The van der Waals surface area contributed by atoms with Gasteiger partial charge < -0.3 is 27.1 Å². The molecule has 10 heteroatoms. The summed E-state index contributed by atoms with van der Waals surface area (Å²) in [4.78, 5) is 25.8. The highest BCUT2D eigenvalue weighted by Gasteiger charge is 2.36. The predicted octanol–water partition coefficient (Wildman–Crippen LogP) is 9.45. The number of aryl methyl sites for hydroxylation is 4. The summed E-state index contributed by atoms with van der Waals surface area (Å²) < 4.78 is 36.1. The molecule has 2 aliphatic rings. The minimum atomic E-state index is -2.14. The van der Waals surface area contributed by atoms with E-state index < -0.39 is 29.1 Å². The summed E-state index contributed by atoms with van der Waals surface area (Å²) in [6.07, 6.45) is 0. The van der Waals surface area contributed by atoms with E-state index in [-0.39, 0.29) is 0 Å².